The molecular weight excluding hydrogens is 964 g/mol. The summed E-state index contributed by atoms with van der Waals surface area (Å²) in [4.78, 5) is 24.4. The summed E-state index contributed by atoms with van der Waals surface area (Å²) in [6.07, 6.45) is 11.3. The molecule has 19 heteroatoms. The van der Waals surface area contributed by atoms with Crippen molar-refractivity contribution >= 4 is 61.6 Å². The van der Waals surface area contributed by atoms with Crippen molar-refractivity contribution < 1.29 is 66.2 Å². The Morgan fingerprint density at radius 3 is 1.23 bits per heavy atom. The fraction of sp³-hybridized carbons (Fsp3) is 0.962. The van der Waals surface area contributed by atoms with Crippen LogP contribution in [-0.2, 0) is 29.8 Å². The molecule has 0 saturated heterocycles. The van der Waals surface area contributed by atoms with Crippen molar-refractivity contribution in [2.24, 2.45) is 92.7 Å². The molecule has 0 aromatic rings. The van der Waals surface area contributed by atoms with Gasteiger partial charge in [-0.05, 0) is 195 Å². The first-order valence-electron chi connectivity index (χ1n) is 27.1. The maximum atomic E-state index is 12.2. The average molecular weight is 1060 g/mol. The molecule has 2 amide bonds. The zero-order valence-corrected chi connectivity index (χ0v) is 44.4. The Morgan fingerprint density at radius 1 is 0.535 bits per heavy atom. The normalized spacial score (nSPS) is 45.6. The third-order valence-electron chi connectivity index (χ3n) is 22.1. The molecule has 8 saturated carbocycles. The number of aliphatic hydroxyl groups is 6. The van der Waals surface area contributed by atoms with Gasteiger partial charge in [0.1, 0.15) is 0 Å². The van der Waals surface area contributed by atoms with E-state index in [0.29, 0.717) is 37.5 Å². The van der Waals surface area contributed by atoms with E-state index in [1.54, 1.807) is 0 Å². The zero-order chi connectivity index (χ0) is 51.5. The number of carbonyl (C=O) groups excluding carboxylic acids is 2. The van der Waals surface area contributed by atoms with Gasteiger partial charge in [0.25, 0.3) is 20.2 Å². The molecule has 22 atom stereocenters. The Morgan fingerprint density at radius 2 is 0.887 bits per heavy atom. The van der Waals surface area contributed by atoms with Gasteiger partial charge in [-0.2, -0.15) is 16.8 Å². The van der Waals surface area contributed by atoms with Crippen molar-refractivity contribution in [3.05, 3.63) is 0 Å². The van der Waals surface area contributed by atoms with E-state index in [9.17, 15) is 57.1 Å². The molecular formula is C52H91N2NaO14S2. The van der Waals surface area contributed by atoms with Gasteiger partial charge in [0.05, 0.1) is 48.1 Å². The summed E-state index contributed by atoms with van der Waals surface area (Å²) >= 11 is 0. The molecule has 8 aliphatic rings. The van der Waals surface area contributed by atoms with E-state index in [4.69, 9.17) is 9.11 Å². The topological polar surface area (TPSA) is 288 Å². The Balaban J connectivity index is 0.000000229. The predicted molar refractivity (Wildman–Crippen MR) is 271 cm³/mol. The van der Waals surface area contributed by atoms with Gasteiger partial charge in [-0.15, -0.1) is 0 Å². The van der Waals surface area contributed by atoms with Crippen molar-refractivity contribution in [2.75, 3.05) is 24.6 Å². The van der Waals surface area contributed by atoms with E-state index in [0.717, 1.165) is 77.0 Å². The molecule has 10 N–H and O–H groups in total. The first kappa shape index (κ1) is 59.8. The summed E-state index contributed by atoms with van der Waals surface area (Å²) in [7, 11) is -8.19. The average Bonchev–Trinajstić information content (AvgIpc) is 3.81. The molecule has 0 radical (unpaired) electrons. The number of rotatable bonds is 14. The third-order valence-corrected chi connectivity index (χ3v) is 23.5. The molecule has 8 fully saturated rings. The van der Waals surface area contributed by atoms with Crippen molar-refractivity contribution in [2.45, 2.75) is 194 Å². The second kappa shape index (κ2) is 22.8. The molecule has 71 heavy (non-hydrogen) atoms. The van der Waals surface area contributed by atoms with E-state index in [1.807, 2.05) is 0 Å². The molecule has 8 rings (SSSR count). The van der Waals surface area contributed by atoms with Crippen LogP contribution in [0.2, 0.25) is 0 Å². The van der Waals surface area contributed by atoms with Gasteiger partial charge >= 0.3 is 29.6 Å². The Kier molecular flexibility index (Phi) is 19.2. The molecule has 0 spiro atoms. The maximum absolute atomic E-state index is 12.2. The molecule has 0 unspecified atom stereocenters. The first-order chi connectivity index (χ1) is 32.5. The Labute approximate surface area is 446 Å². The van der Waals surface area contributed by atoms with Gasteiger partial charge in [-0.25, -0.2) is 0 Å². The number of aliphatic hydroxyl groups excluding tert-OH is 6. The molecule has 16 nitrogen and oxygen atoms in total. The van der Waals surface area contributed by atoms with Crippen LogP contribution < -0.4 is 10.6 Å². The van der Waals surface area contributed by atoms with E-state index in [-0.39, 0.29) is 160 Å². The first-order valence-corrected chi connectivity index (χ1v) is 30.3. The van der Waals surface area contributed by atoms with Crippen LogP contribution in [-0.4, -0.2) is 159 Å². The van der Waals surface area contributed by atoms with Crippen LogP contribution in [0.25, 0.3) is 0 Å². The number of nitrogens with one attached hydrogen (secondary N) is 2. The summed E-state index contributed by atoms with van der Waals surface area (Å²) in [5.74, 6) is 1.41. The minimum atomic E-state index is -4.10. The molecule has 8 aliphatic carbocycles. The number of hydrogen-bond donors (Lipinski definition) is 10. The van der Waals surface area contributed by atoms with Crippen LogP contribution >= 0.6 is 0 Å². The third kappa shape index (κ3) is 12.1. The summed E-state index contributed by atoms with van der Waals surface area (Å²) in [6.45, 7) is 13.1. The molecule has 0 bridgehead atoms. The molecule has 406 valence electrons. The molecule has 0 aromatic carbocycles. The second-order valence-corrected chi connectivity index (χ2v) is 28.5. The van der Waals surface area contributed by atoms with Crippen LogP contribution in [0, 0.1) is 92.7 Å². The summed E-state index contributed by atoms with van der Waals surface area (Å²) in [6, 6.07) is 0. The number of amides is 2. The van der Waals surface area contributed by atoms with Crippen LogP contribution in [0.5, 0.6) is 0 Å². The minimum absolute atomic E-state index is 0. The molecule has 0 aromatic heterocycles. The van der Waals surface area contributed by atoms with Crippen LogP contribution in [0.15, 0.2) is 0 Å². The van der Waals surface area contributed by atoms with Gasteiger partial charge in [0, 0.05) is 25.9 Å². The quantitative estimate of drug-likeness (QED) is 0.0867. The Hall–Kier alpha value is -0.480. The van der Waals surface area contributed by atoms with Crippen LogP contribution in [0.4, 0.5) is 0 Å². The van der Waals surface area contributed by atoms with Gasteiger partial charge < -0.3 is 41.3 Å². The summed E-state index contributed by atoms with van der Waals surface area (Å²) in [5.41, 5.74) is -0.509. The van der Waals surface area contributed by atoms with Crippen LogP contribution in [0.1, 0.15) is 157 Å². The SMILES string of the molecule is C[C@H](CCC(=O)NCCS(=O)(=O)O)[C@H]1CC[C@H]2[C@@H]3[C@H](O)C[C@@H]4C[C@H](O)CC[C@]4(C)[C@H]3C[C@H](O)[C@]12C.C[C@H](CCC(=O)NCCS(=O)(=O)O)[C@H]1CC[C@H]2[C@@H]3[C@H](O)C[C@@H]4C[C@H](O)CC[C@]4(C)[C@H]3C[C@H](O)[C@]12C.[NaH]. The number of fused-ring (bicyclic) bond motifs is 10. The van der Waals surface area contributed by atoms with Gasteiger partial charge in [-0.3, -0.25) is 18.7 Å². The fourth-order valence-corrected chi connectivity index (χ4v) is 18.9. The standard InChI is InChI=1S/2C26H45NO7S.Na.H/c2*1-15(4-7-23(31)27-10-11-35(32,33)34)18-5-6-19-24-20(14-22(30)26(18,19)3)25(2)9-8-17(28)12-16(25)13-21(24)29;;/h2*15-22,24,28-30H,4-14H2,1-3H3,(H,27,31)(H,32,33,34);;/t2*15-,16+,17-,18-,19+,20+,21-,22+,24+,25+,26-;;/m11../s1. The Bertz CT molecular complexity index is 1940. The van der Waals surface area contributed by atoms with Crippen LogP contribution in [0.3, 0.4) is 0 Å². The van der Waals surface area contributed by atoms with Gasteiger partial charge in [0.2, 0.25) is 11.8 Å². The van der Waals surface area contributed by atoms with E-state index < -0.39 is 56.2 Å². The zero-order valence-electron chi connectivity index (χ0n) is 42.8. The molecule has 0 aliphatic heterocycles. The van der Waals surface area contributed by atoms with Gasteiger partial charge in [0.15, 0.2) is 0 Å². The molecule has 0 heterocycles. The van der Waals surface area contributed by atoms with Crippen molar-refractivity contribution in [3.8, 4) is 0 Å². The van der Waals surface area contributed by atoms with Crippen molar-refractivity contribution in [3.63, 3.8) is 0 Å². The van der Waals surface area contributed by atoms with Crippen molar-refractivity contribution in [1.29, 1.82) is 0 Å². The predicted octanol–water partition coefficient (Wildman–Crippen LogP) is 4.09. The fourth-order valence-electron chi connectivity index (χ4n) is 18.2. The van der Waals surface area contributed by atoms with E-state index >= 15 is 0 Å². The van der Waals surface area contributed by atoms with E-state index in [1.165, 1.54) is 0 Å². The number of hydrogen-bond acceptors (Lipinski definition) is 12. The second-order valence-electron chi connectivity index (χ2n) is 25.4. The number of carbonyl (C=O) groups is 2. The summed E-state index contributed by atoms with van der Waals surface area (Å²) < 4.78 is 61.0. The van der Waals surface area contributed by atoms with Crippen molar-refractivity contribution in [1.82, 2.24) is 10.6 Å². The monoisotopic (exact) mass is 1050 g/mol. The van der Waals surface area contributed by atoms with E-state index in [2.05, 4.69) is 52.2 Å². The summed E-state index contributed by atoms with van der Waals surface area (Å²) in [5, 5.41) is 71.6. The van der Waals surface area contributed by atoms with Gasteiger partial charge in [-0.1, -0.05) is 41.5 Å².